The minimum atomic E-state index is -0.246. The molecular formula is C17H18ClNO3. The number of nitrogens with one attached hydrogen (secondary N) is 1. The van der Waals surface area contributed by atoms with Crippen molar-refractivity contribution in [2.75, 3.05) is 18.5 Å². The second kappa shape index (κ2) is 8.41. The highest BCUT2D eigenvalue weighted by Crippen LogP contribution is 2.23. The van der Waals surface area contributed by atoms with Gasteiger partial charge in [0, 0.05) is 17.9 Å². The Balaban J connectivity index is 1.93. The lowest BCUT2D eigenvalue weighted by Gasteiger charge is -2.12. The van der Waals surface area contributed by atoms with Crippen molar-refractivity contribution in [2.24, 2.45) is 0 Å². The summed E-state index contributed by atoms with van der Waals surface area (Å²) < 4.78 is 10.8. The van der Waals surface area contributed by atoms with Gasteiger partial charge in [-0.2, -0.15) is 0 Å². The average Bonchev–Trinajstić information content (AvgIpc) is 2.53. The number of ether oxygens (including phenoxy) is 2. The largest absolute Gasteiger partial charge is 0.482 e. The van der Waals surface area contributed by atoms with E-state index in [2.05, 4.69) is 5.32 Å². The molecule has 5 heteroatoms. The number of benzene rings is 2. The molecule has 2 rings (SSSR count). The van der Waals surface area contributed by atoms with Crippen LogP contribution in [0.2, 0.25) is 5.02 Å². The highest BCUT2D eigenvalue weighted by molar-refractivity contribution is 6.32. The summed E-state index contributed by atoms with van der Waals surface area (Å²) >= 11 is 5.98. The second-order valence-corrected chi connectivity index (χ2v) is 4.97. The Morgan fingerprint density at radius 3 is 2.64 bits per heavy atom. The number of amides is 1. The Bertz CT molecular complexity index is 631. The second-order valence-electron chi connectivity index (χ2n) is 4.56. The quantitative estimate of drug-likeness (QED) is 0.842. The van der Waals surface area contributed by atoms with Crippen LogP contribution in [0.4, 0.5) is 5.69 Å². The maximum absolute atomic E-state index is 12.0. The van der Waals surface area contributed by atoms with Crippen LogP contribution in [0.25, 0.3) is 0 Å². The van der Waals surface area contributed by atoms with Gasteiger partial charge in [0.25, 0.3) is 5.91 Å². The van der Waals surface area contributed by atoms with E-state index in [1.807, 2.05) is 31.2 Å². The van der Waals surface area contributed by atoms with Gasteiger partial charge in [-0.1, -0.05) is 41.9 Å². The molecule has 22 heavy (non-hydrogen) atoms. The summed E-state index contributed by atoms with van der Waals surface area (Å²) in [6.07, 6.45) is 0. The number of rotatable bonds is 7. The molecule has 1 N–H and O–H groups in total. The molecule has 0 saturated heterocycles. The lowest BCUT2D eigenvalue weighted by Crippen LogP contribution is -2.21. The highest BCUT2D eigenvalue weighted by Gasteiger charge is 2.08. The standard InChI is InChI=1S/C17H18ClNO3/c1-2-21-11-13-7-3-5-9-15(13)19-17(20)12-22-16-10-6-4-8-14(16)18/h3-10H,2,11-12H2,1H3,(H,19,20). The molecule has 4 nitrogen and oxygen atoms in total. The van der Waals surface area contributed by atoms with Crippen LogP contribution in [0.5, 0.6) is 5.75 Å². The predicted octanol–water partition coefficient (Wildman–Crippen LogP) is 3.89. The molecule has 0 atom stereocenters. The molecule has 0 heterocycles. The SMILES string of the molecule is CCOCc1ccccc1NC(=O)COc1ccccc1Cl. The first-order valence-corrected chi connectivity index (χ1v) is 7.41. The van der Waals surface area contributed by atoms with Gasteiger partial charge in [0.05, 0.1) is 11.6 Å². The molecule has 0 saturated carbocycles. The fourth-order valence-corrected chi connectivity index (χ4v) is 2.06. The zero-order valence-corrected chi connectivity index (χ0v) is 13.1. The fourth-order valence-electron chi connectivity index (χ4n) is 1.87. The molecule has 0 aliphatic rings. The summed E-state index contributed by atoms with van der Waals surface area (Å²) in [5.74, 6) is 0.241. The molecule has 0 radical (unpaired) electrons. The molecule has 0 aliphatic heterocycles. The summed E-state index contributed by atoms with van der Waals surface area (Å²) in [6, 6.07) is 14.6. The third kappa shape index (κ3) is 4.76. The van der Waals surface area contributed by atoms with Crippen molar-refractivity contribution >= 4 is 23.2 Å². The normalized spacial score (nSPS) is 10.3. The predicted molar refractivity (Wildman–Crippen MR) is 87.3 cm³/mol. The van der Waals surface area contributed by atoms with Gasteiger partial charge in [-0.25, -0.2) is 0 Å². The Morgan fingerprint density at radius 2 is 1.86 bits per heavy atom. The minimum absolute atomic E-state index is 0.104. The van der Waals surface area contributed by atoms with E-state index in [0.29, 0.717) is 24.0 Å². The maximum Gasteiger partial charge on any atom is 0.262 e. The Hall–Kier alpha value is -2.04. The molecule has 116 valence electrons. The van der Waals surface area contributed by atoms with E-state index >= 15 is 0 Å². The summed E-state index contributed by atoms with van der Waals surface area (Å²) in [4.78, 5) is 12.0. The van der Waals surface area contributed by atoms with E-state index in [0.717, 1.165) is 11.3 Å². The summed E-state index contributed by atoms with van der Waals surface area (Å²) in [6.45, 7) is 2.90. The molecule has 0 fully saturated rings. The van der Waals surface area contributed by atoms with Crippen LogP contribution in [0.1, 0.15) is 12.5 Å². The van der Waals surface area contributed by atoms with Crippen molar-refractivity contribution in [2.45, 2.75) is 13.5 Å². The third-order valence-electron chi connectivity index (χ3n) is 2.95. The first-order chi connectivity index (χ1) is 10.7. The molecule has 2 aromatic rings. The van der Waals surface area contributed by atoms with Crippen molar-refractivity contribution in [3.05, 3.63) is 59.1 Å². The lowest BCUT2D eigenvalue weighted by atomic mass is 10.2. The number of hydrogen-bond donors (Lipinski definition) is 1. The monoisotopic (exact) mass is 319 g/mol. The van der Waals surface area contributed by atoms with Crippen LogP contribution < -0.4 is 10.1 Å². The molecule has 0 unspecified atom stereocenters. The minimum Gasteiger partial charge on any atom is -0.482 e. The Kier molecular flexibility index (Phi) is 6.25. The van der Waals surface area contributed by atoms with Gasteiger partial charge in [0.15, 0.2) is 6.61 Å². The molecule has 1 amide bonds. The van der Waals surface area contributed by atoms with Crippen molar-refractivity contribution in [1.29, 1.82) is 0 Å². The first-order valence-electron chi connectivity index (χ1n) is 7.03. The zero-order chi connectivity index (χ0) is 15.8. The molecule has 0 aliphatic carbocycles. The number of anilines is 1. The van der Waals surface area contributed by atoms with Gasteiger partial charge in [-0.3, -0.25) is 4.79 Å². The van der Waals surface area contributed by atoms with Crippen LogP contribution in [-0.4, -0.2) is 19.1 Å². The summed E-state index contributed by atoms with van der Waals surface area (Å²) in [5.41, 5.74) is 1.65. The van der Waals surface area contributed by atoms with Crippen molar-refractivity contribution in [3.63, 3.8) is 0 Å². The Morgan fingerprint density at radius 1 is 1.14 bits per heavy atom. The van der Waals surface area contributed by atoms with Crippen LogP contribution in [0, 0.1) is 0 Å². The molecule has 0 bridgehead atoms. The average molecular weight is 320 g/mol. The fraction of sp³-hybridized carbons (Fsp3) is 0.235. The van der Waals surface area contributed by atoms with Crippen LogP contribution in [0.3, 0.4) is 0 Å². The molecular weight excluding hydrogens is 302 g/mol. The van der Waals surface area contributed by atoms with Gasteiger partial charge in [-0.05, 0) is 25.1 Å². The molecule has 2 aromatic carbocycles. The summed E-state index contributed by atoms with van der Waals surface area (Å²) in [5, 5.41) is 3.30. The maximum atomic E-state index is 12.0. The lowest BCUT2D eigenvalue weighted by molar-refractivity contribution is -0.118. The van der Waals surface area contributed by atoms with Crippen LogP contribution in [0.15, 0.2) is 48.5 Å². The Labute approximate surface area is 135 Å². The number of carbonyl (C=O) groups is 1. The van der Waals surface area contributed by atoms with Crippen molar-refractivity contribution in [1.82, 2.24) is 0 Å². The van der Waals surface area contributed by atoms with Gasteiger partial charge in [-0.15, -0.1) is 0 Å². The molecule has 0 spiro atoms. The number of hydrogen-bond acceptors (Lipinski definition) is 3. The van der Waals surface area contributed by atoms with E-state index in [4.69, 9.17) is 21.1 Å². The molecule has 0 aromatic heterocycles. The first kappa shape index (κ1) is 16.3. The smallest absolute Gasteiger partial charge is 0.262 e. The van der Waals surface area contributed by atoms with E-state index in [1.165, 1.54) is 0 Å². The van der Waals surface area contributed by atoms with E-state index in [1.54, 1.807) is 24.3 Å². The van der Waals surface area contributed by atoms with Gasteiger partial charge in [0.2, 0.25) is 0 Å². The van der Waals surface area contributed by atoms with Gasteiger partial charge >= 0.3 is 0 Å². The number of halogens is 1. The van der Waals surface area contributed by atoms with E-state index in [-0.39, 0.29) is 12.5 Å². The van der Waals surface area contributed by atoms with Gasteiger partial charge < -0.3 is 14.8 Å². The van der Waals surface area contributed by atoms with Gasteiger partial charge in [0.1, 0.15) is 5.75 Å². The van der Waals surface area contributed by atoms with Crippen LogP contribution >= 0.6 is 11.6 Å². The topological polar surface area (TPSA) is 47.6 Å². The number of para-hydroxylation sites is 2. The van der Waals surface area contributed by atoms with Crippen LogP contribution in [-0.2, 0) is 16.1 Å². The highest BCUT2D eigenvalue weighted by atomic mass is 35.5. The van der Waals surface area contributed by atoms with Crippen molar-refractivity contribution in [3.8, 4) is 5.75 Å². The third-order valence-corrected chi connectivity index (χ3v) is 3.26. The zero-order valence-electron chi connectivity index (χ0n) is 12.3. The summed E-state index contributed by atoms with van der Waals surface area (Å²) in [7, 11) is 0. The van der Waals surface area contributed by atoms with Crippen molar-refractivity contribution < 1.29 is 14.3 Å². The van der Waals surface area contributed by atoms with E-state index < -0.39 is 0 Å². The number of carbonyl (C=O) groups excluding carboxylic acids is 1. The van der Waals surface area contributed by atoms with E-state index in [9.17, 15) is 4.79 Å².